The molecule has 0 aliphatic heterocycles. The summed E-state index contributed by atoms with van der Waals surface area (Å²) < 4.78 is 0. The smallest absolute Gasteiger partial charge is 0.183 e. The minimum Gasteiger partial charge on any atom is -0.357 e. The van der Waals surface area contributed by atoms with Crippen molar-refractivity contribution >= 4 is 16.5 Å². The van der Waals surface area contributed by atoms with Gasteiger partial charge in [-0.1, -0.05) is 6.92 Å². The quantitative estimate of drug-likeness (QED) is 0.857. The first-order valence-electron chi connectivity index (χ1n) is 4.81. The van der Waals surface area contributed by atoms with E-state index >= 15 is 0 Å². The van der Waals surface area contributed by atoms with Gasteiger partial charge in [-0.25, -0.2) is 15.0 Å². The van der Waals surface area contributed by atoms with Crippen LogP contribution in [0.3, 0.4) is 0 Å². The standard InChI is InChI=1S/C10H12N4S/c1-2-9-6-14-10(15-9)13-5-8-3-11-7-12-4-8/h3-4,6-7H,2,5H2,1H3,(H,13,14). The van der Waals surface area contributed by atoms with E-state index in [0.29, 0.717) is 0 Å². The fraction of sp³-hybridized carbons (Fsp3) is 0.300. The van der Waals surface area contributed by atoms with Crippen molar-refractivity contribution < 1.29 is 0 Å². The number of nitrogens with one attached hydrogen (secondary N) is 1. The lowest BCUT2D eigenvalue weighted by atomic mass is 10.3. The Hall–Kier alpha value is -1.49. The van der Waals surface area contributed by atoms with E-state index < -0.39 is 0 Å². The van der Waals surface area contributed by atoms with Crippen molar-refractivity contribution in [3.63, 3.8) is 0 Å². The minimum absolute atomic E-state index is 0.720. The van der Waals surface area contributed by atoms with Crippen LogP contribution >= 0.6 is 11.3 Å². The third-order valence-electron chi connectivity index (χ3n) is 1.96. The van der Waals surface area contributed by atoms with Crippen LogP contribution in [0.5, 0.6) is 0 Å². The second-order valence-corrected chi connectivity index (χ2v) is 4.20. The molecule has 0 saturated heterocycles. The van der Waals surface area contributed by atoms with E-state index in [2.05, 4.69) is 27.2 Å². The van der Waals surface area contributed by atoms with E-state index in [1.807, 2.05) is 6.20 Å². The summed E-state index contributed by atoms with van der Waals surface area (Å²) in [5.74, 6) is 0. The normalized spacial score (nSPS) is 10.2. The van der Waals surface area contributed by atoms with Gasteiger partial charge in [0.1, 0.15) is 6.33 Å². The number of anilines is 1. The van der Waals surface area contributed by atoms with Gasteiger partial charge in [0, 0.05) is 35.6 Å². The Balaban J connectivity index is 1.93. The molecule has 2 rings (SSSR count). The van der Waals surface area contributed by atoms with Crippen LogP contribution in [0.4, 0.5) is 5.13 Å². The topological polar surface area (TPSA) is 50.7 Å². The molecule has 0 bridgehead atoms. The van der Waals surface area contributed by atoms with Gasteiger partial charge in [0.2, 0.25) is 0 Å². The summed E-state index contributed by atoms with van der Waals surface area (Å²) in [5, 5.41) is 4.20. The first-order valence-corrected chi connectivity index (χ1v) is 5.62. The van der Waals surface area contributed by atoms with Crippen LogP contribution in [0.25, 0.3) is 0 Å². The van der Waals surface area contributed by atoms with E-state index in [9.17, 15) is 0 Å². The van der Waals surface area contributed by atoms with E-state index in [4.69, 9.17) is 0 Å². The van der Waals surface area contributed by atoms with Crippen LogP contribution in [0, 0.1) is 0 Å². The summed E-state index contributed by atoms with van der Waals surface area (Å²) in [5.41, 5.74) is 1.06. The molecule has 0 aliphatic carbocycles. The molecule has 2 aromatic rings. The third-order valence-corrected chi connectivity index (χ3v) is 3.06. The summed E-state index contributed by atoms with van der Waals surface area (Å²) in [6.45, 7) is 2.85. The highest BCUT2D eigenvalue weighted by Crippen LogP contribution is 2.18. The van der Waals surface area contributed by atoms with E-state index in [1.165, 1.54) is 11.2 Å². The Labute approximate surface area is 92.4 Å². The average molecular weight is 220 g/mol. The van der Waals surface area contributed by atoms with Crippen molar-refractivity contribution in [3.8, 4) is 0 Å². The highest BCUT2D eigenvalue weighted by atomic mass is 32.1. The molecule has 2 aromatic heterocycles. The van der Waals surface area contributed by atoms with Crippen molar-refractivity contribution in [2.75, 3.05) is 5.32 Å². The molecule has 1 N–H and O–H groups in total. The van der Waals surface area contributed by atoms with Crippen molar-refractivity contribution in [1.82, 2.24) is 15.0 Å². The average Bonchev–Trinajstić information content (AvgIpc) is 2.76. The van der Waals surface area contributed by atoms with Crippen molar-refractivity contribution in [3.05, 3.63) is 35.4 Å². The Morgan fingerprint density at radius 2 is 2.07 bits per heavy atom. The lowest BCUT2D eigenvalue weighted by molar-refractivity contribution is 1.05. The maximum atomic E-state index is 4.27. The lowest BCUT2D eigenvalue weighted by Gasteiger charge is -2.00. The second-order valence-electron chi connectivity index (χ2n) is 3.09. The number of thiazole rings is 1. The number of hydrogen-bond acceptors (Lipinski definition) is 5. The predicted molar refractivity (Wildman–Crippen MR) is 60.9 cm³/mol. The summed E-state index contributed by atoms with van der Waals surface area (Å²) >= 11 is 1.69. The SMILES string of the molecule is CCc1cnc(NCc2cncnc2)s1. The van der Waals surface area contributed by atoms with Gasteiger partial charge in [-0.05, 0) is 6.42 Å². The Morgan fingerprint density at radius 3 is 2.73 bits per heavy atom. The maximum Gasteiger partial charge on any atom is 0.183 e. The van der Waals surface area contributed by atoms with Crippen LogP contribution in [-0.2, 0) is 13.0 Å². The molecule has 0 aliphatic rings. The Morgan fingerprint density at radius 1 is 1.27 bits per heavy atom. The molecular formula is C10H12N4S. The molecule has 4 nitrogen and oxygen atoms in total. The molecule has 0 atom stereocenters. The minimum atomic E-state index is 0.720. The molecule has 2 heterocycles. The predicted octanol–water partition coefficient (Wildman–Crippen LogP) is 2.11. The summed E-state index contributed by atoms with van der Waals surface area (Å²) in [4.78, 5) is 13.5. The summed E-state index contributed by atoms with van der Waals surface area (Å²) in [7, 11) is 0. The molecule has 0 spiro atoms. The highest BCUT2D eigenvalue weighted by Gasteiger charge is 1.99. The molecule has 0 aromatic carbocycles. The lowest BCUT2D eigenvalue weighted by Crippen LogP contribution is -1.99. The second kappa shape index (κ2) is 4.84. The molecular weight excluding hydrogens is 208 g/mol. The number of aryl methyl sites for hydroxylation is 1. The third kappa shape index (κ3) is 2.73. The van der Waals surface area contributed by atoms with Gasteiger partial charge >= 0.3 is 0 Å². The fourth-order valence-corrected chi connectivity index (χ4v) is 1.90. The van der Waals surface area contributed by atoms with Gasteiger partial charge in [-0.15, -0.1) is 11.3 Å². The number of rotatable bonds is 4. The Bertz CT molecular complexity index is 412. The van der Waals surface area contributed by atoms with Crippen LogP contribution in [0.15, 0.2) is 24.9 Å². The number of hydrogen-bond donors (Lipinski definition) is 1. The van der Waals surface area contributed by atoms with Gasteiger partial charge in [0.25, 0.3) is 0 Å². The molecule has 5 heteroatoms. The maximum absolute atomic E-state index is 4.27. The zero-order valence-corrected chi connectivity index (χ0v) is 9.29. The molecule has 0 amide bonds. The fourth-order valence-electron chi connectivity index (χ4n) is 1.15. The first-order chi connectivity index (χ1) is 7.38. The summed E-state index contributed by atoms with van der Waals surface area (Å²) in [6.07, 6.45) is 8.08. The number of aromatic nitrogens is 3. The Kier molecular flexibility index (Phi) is 3.24. The number of nitrogens with zero attached hydrogens (tertiary/aromatic N) is 3. The molecule has 0 fully saturated rings. The van der Waals surface area contributed by atoms with Gasteiger partial charge in [0.05, 0.1) is 0 Å². The van der Waals surface area contributed by atoms with Crippen LogP contribution in [0.1, 0.15) is 17.4 Å². The zero-order chi connectivity index (χ0) is 10.5. The van der Waals surface area contributed by atoms with Gasteiger partial charge in [0.15, 0.2) is 5.13 Å². The van der Waals surface area contributed by atoms with E-state index in [1.54, 1.807) is 23.7 Å². The van der Waals surface area contributed by atoms with Crippen molar-refractivity contribution in [2.24, 2.45) is 0 Å². The molecule has 78 valence electrons. The molecule has 0 saturated carbocycles. The highest BCUT2D eigenvalue weighted by molar-refractivity contribution is 7.15. The van der Waals surface area contributed by atoms with E-state index in [-0.39, 0.29) is 0 Å². The molecule has 0 unspecified atom stereocenters. The first kappa shape index (κ1) is 10.0. The van der Waals surface area contributed by atoms with Gasteiger partial charge in [-0.2, -0.15) is 0 Å². The van der Waals surface area contributed by atoms with Crippen LogP contribution in [-0.4, -0.2) is 15.0 Å². The van der Waals surface area contributed by atoms with Crippen molar-refractivity contribution in [1.29, 1.82) is 0 Å². The van der Waals surface area contributed by atoms with Crippen LogP contribution < -0.4 is 5.32 Å². The van der Waals surface area contributed by atoms with Crippen LogP contribution in [0.2, 0.25) is 0 Å². The summed E-state index contributed by atoms with van der Waals surface area (Å²) in [6, 6.07) is 0. The molecule has 15 heavy (non-hydrogen) atoms. The monoisotopic (exact) mass is 220 g/mol. The van der Waals surface area contributed by atoms with E-state index in [0.717, 1.165) is 23.7 Å². The van der Waals surface area contributed by atoms with Gasteiger partial charge < -0.3 is 5.32 Å². The molecule has 0 radical (unpaired) electrons. The van der Waals surface area contributed by atoms with Gasteiger partial charge in [-0.3, -0.25) is 0 Å². The largest absolute Gasteiger partial charge is 0.357 e. The van der Waals surface area contributed by atoms with Crippen molar-refractivity contribution in [2.45, 2.75) is 19.9 Å². The zero-order valence-electron chi connectivity index (χ0n) is 8.47.